The summed E-state index contributed by atoms with van der Waals surface area (Å²) >= 11 is 0.906. The minimum Gasteiger partial charge on any atom is -0.326 e. The van der Waals surface area contributed by atoms with E-state index in [1.165, 1.54) is 6.20 Å². The molecule has 1 fully saturated rings. The van der Waals surface area contributed by atoms with E-state index in [0.717, 1.165) is 18.9 Å². The van der Waals surface area contributed by atoms with Crippen LogP contribution in [0.15, 0.2) is 23.4 Å². The number of anilines is 1. The summed E-state index contributed by atoms with van der Waals surface area (Å²) in [7, 11) is 0. The van der Waals surface area contributed by atoms with Crippen LogP contribution in [0.25, 0.3) is 0 Å². The van der Waals surface area contributed by atoms with E-state index in [9.17, 15) is 22.4 Å². The molecule has 0 bridgehead atoms. The molecule has 1 amide bonds. The summed E-state index contributed by atoms with van der Waals surface area (Å²) < 4.78 is 54.2. The van der Waals surface area contributed by atoms with E-state index in [1.807, 2.05) is 0 Å². The fraction of sp³-hybridized carbons (Fsp3) is 0.667. The molecule has 1 saturated carbocycles. The van der Waals surface area contributed by atoms with Crippen LogP contribution < -0.4 is 10.5 Å². The number of pyridine rings is 1. The minimum atomic E-state index is -2.93. The Balaban J connectivity index is 2.12. The van der Waals surface area contributed by atoms with Crippen LogP contribution in [-0.2, 0) is 4.79 Å². The molecule has 0 aliphatic heterocycles. The van der Waals surface area contributed by atoms with Crippen LogP contribution in [0.3, 0.4) is 0 Å². The molecule has 3 atom stereocenters. The average Bonchev–Trinajstić information content (AvgIpc) is 2.58. The highest BCUT2D eigenvalue weighted by Crippen LogP contribution is 2.45. The van der Waals surface area contributed by atoms with Crippen LogP contribution in [0.4, 0.5) is 23.2 Å². The molecule has 2 rings (SSSR count). The van der Waals surface area contributed by atoms with Gasteiger partial charge in [-0.15, -0.1) is 0 Å². The second-order valence-electron chi connectivity index (χ2n) is 7.45. The van der Waals surface area contributed by atoms with Crippen molar-refractivity contribution in [2.75, 3.05) is 5.32 Å². The predicted molar refractivity (Wildman–Crippen MR) is 97.7 cm³/mol. The standard InChI is InChI=1S/C18H25F4N3OS/c1-11(3-6-17(2,19)20)13-4-7-18(21,22)10-14(13)16(26)25-12-5-8-24-15(9-12)27-23/h5,8-9,11,13-14H,3-4,6-7,10,23H2,1-2H3,(H,24,25,26)/t11?,13?,14-/m1/s1. The lowest BCUT2D eigenvalue weighted by Gasteiger charge is -2.38. The van der Waals surface area contributed by atoms with Crippen molar-refractivity contribution in [2.24, 2.45) is 22.9 Å². The summed E-state index contributed by atoms with van der Waals surface area (Å²) in [6, 6.07) is 3.11. The summed E-state index contributed by atoms with van der Waals surface area (Å²) in [6.07, 6.45) is 0.576. The lowest BCUT2D eigenvalue weighted by molar-refractivity contribution is -0.133. The monoisotopic (exact) mass is 407 g/mol. The summed E-state index contributed by atoms with van der Waals surface area (Å²) in [5.41, 5.74) is 0.420. The zero-order valence-corrected chi connectivity index (χ0v) is 16.2. The molecule has 1 aliphatic rings. The van der Waals surface area contributed by atoms with Gasteiger partial charge in [-0.05, 0) is 55.7 Å². The van der Waals surface area contributed by atoms with Gasteiger partial charge in [0.25, 0.3) is 0 Å². The summed E-state index contributed by atoms with van der Waals surface area (Å²) in [5, 5.41) is 8.57. The van der Waals surface area contributed by atoms with Crippen molar-refractivity contribution in [3.63, 3.8) is 0 Å². The molecule has 152 valence electrons. The first kappa shape index (κ1) is 21.9. The number of aromatic nitrogens is 1. The maximum atomic E-state index is 14.0. The Labute approximate surface area is 160 Å². The maximum absolute atomic E-state index is 14.0. The number of hydrogen-bond donors (Lipinski definition) is 2. The van der Waals surface area contributed by atoms with Crippen molar-refractivity contribution >= 4 is 23.5 Å². The molecular formula is C18H25F4N3OS. The van der Waals surface area contributed by atoms with Crippen LogP contribution in [-0.4, -0.2) is 22.7 Å². The van der Waals surface area contributed by atoms with Crippen molar-refractivity contribution in [1.82, 2.24) is 4.98 Å². The summed E-state index contributed by atoms with van der Waals surface area (Å²) in [6.45, 7) is 2.60. The van der Waals surface area contributed by atoms with Gasteiger partial charge in [-0.2, -0.15) is 0 Å². The van der Waals surface area contributed by atoms with Crippen molar-refractivity contribution < 1.29 is 22.4 Å². The number of nitrogens with two attached hydrogens (primary N) is 1. The molecule has 4 nitrogen and oxygen atoms in total. The average molecular weight is 407 g/mol. The fourth-order valence-corrected chi connectivity index (χ4v) is 3.92. The summed E-state index contributed by atoms with van der Waals surface area (Å²) in [4.78, 5) is 16.7. The van der Waals surface area contributed by atoms with E-state index < -0.39 is 30.1 Å². The Morgan fingerprint density at radius 2 is 2.22 bits per heavy atom. The third-order valence-electron chi connectivity index (χ3n) is 5.11. The SMILES string of the molecule is CC(CCC(C)(F)F)C1CCC(F)(F)C[C@H]1C(=O)Nc1ccnc(SN)c1. The maximum Gasteiger partial charge on any atom is 0.248 e. The number of carbonyl (C=O) groups excluding carboxylic acids is 1. The molecule has 0 saturated heterocycles. The zero-order chi connectivity index (χ0) is 20.2. The Bertz CT molecular complexity index is 654. The van der Waals surface area contributed by atoms with Gasteiger partial charge in [0.2, 0.25) is 17.8 Å². The van der Waals surface area contributed by atoms with Gasteiger partial charge in [0.05, 0.1) is 0 Å². The molecule has 27 heavy (non-hydrogen) atoms. The highest BCUT2D eigenvalue weighted by atomic mass is 32.2. The Morgan fingerprint density at radius 3 is 2.85 bits per heavy atom. The summed E-state index contributed by atoms with van der Waals surface area (Å²) in [5.74, 6) is -7.81. The first-order valence-corrected chi connectivity index (χ1v) is 9.78. The minimum absolute atomic E-state index is 0.141. The Kier molecular flexibility index (Phi) is 7.13. The van der Waals surface area contributed by atoms with Crippen LogP contribution in [0.2, 0.25) is 0 Å². The van der Waals surface area contributed by atoms with Gasteiger partial charge in [0.1, 0.15) is 5.03 Å². The third kappa shape index (κ3) is 6.64. The number of alkyl halides is 4. The van der Waals surface area contributed by atoms with Crippen LogP contribution in [0.5, 0.6) is 0 Å². The number of hydrogen-bond acceptors (Lipinski definition) is 4. The number of rotatable bonds is 7. The van der Waals surface area contributed by atoms with Gasteiger partial charge in [-0.3, -0.25) is 9.93 Å². The first-order valence-electron chi connectivity index (χ1n) is 8.90. The zero-order valence-electron chi connectivity index (χ0n) is 15.4. The fourth-order valence-electron chi connectivity index (χ4n) is 3.60. The van der Waals surface area contributed by atoms with E-state index in [2.05, 4.69) is 10.3 Å². The molecule has 0 radical (unpaired) electrons. The van der Waals surface area contributed by atoms with Gasteiger partial charge in [0, 0.05) is 37.1 Å². The predicted octanol–water partition coefficient (Wildman–Crippen LogP) is 5.11. The molecule has 1 aromatic rings. The Morgan fingerprint density at radius 1 is 1.52 bits per heavy atom. The van der Waals surface area contributed by atoms with Crippen molar-refractivity contribution in [1.29, 1.82) is 0 Å². The van der Waals surface area contributed by atoms with Gasteiger partial charge < -0.3 is 5.32 Å². The molecule has 2 unspecified atom stereocenters. The molecule has 0 aromatic carbocycles. The molecule has 1 aliphatic carbocycles. The Hall–Kier alpha value is -1.35. The highest BCUT2D eigenvalue weighted by molar-refractivity contribution is 7.97. The second kappa shape index (κ2) is 8.77. The lowest BCUT2D eigenvalue weighted by Crippen LogP contribution is -2.42. The number of amides is 1. The second-order valence-corrected chi connectivity index (χ2v) is 8.10. The van der Waals surface area contributed by atoms with Crippen LogP contribution >= 0.6 is 11.9 Å². The van der Waals surface area contributed by atoms with E-state index in [0.29, 0.717) is 10.7 Å². The van der Waals surface area contributed by atoms with E-state index in [-0.39, 0.29) is 37.5 Å². The van der Waals surface area contributed by atoms with E-state index in [4.69, 9.17) is 5.14 Å². The number of halogens is 4. The quantitative estimate of drug-likeness (QED) is 0.487. The first-order chi connectivity index (χ1) is 12.5. The third-order valence-corrected chi connectivity index (χ3v) is 5.57. The van der Waals surface area contributed by atoms with Crippen LogP contribution in [0, 0.1) is 17.8 Å². The van der Waals surface area contributed by atoms with Gasteiger partial charge in [-0.25, -0.2) is 22.5 Å². The topological polar surface area (TPSA) is 68.0 Å². The number of carbonyl (C=O) groups is 1. The van der Waals surface area contributed by atoms with Gasteiger partial charge in [-0.1, -0.05) is 6.92 Å². The van der Waals surface area contributed by atoms with E-state index >= 15 is 0 Å². The normalized spacial score (nSPS) is 23.7. The van der Waals surface area contributed by atoms with Gasteiger partial charge >= 0.3 is 0 Å². The molecule has 0 spiro atoms. The molecular weight excluding hydrogens is 382 g/mol. The molecule has 1 heterocycles. The molecule has 1 aromatic heterocycles. The van der Waals surface area contributed by atoms with Crippen molar-refractivity contribution in [3.8, 4) is 0 Å². The number of nitrogens with zero attached hydrogens (tertiary/aromatic N) is 1. The number of nitrogens with one attached hydrogen (secondary N) is 1. The van der Waals surface area contributed by atoms with Crippen LogP contribution in [0.1, 0.15) is 46.0 Å². The largest absolute Gasteiger partial charge is 0.326 e. The van der Waals surface area contributed by atoms with Gasteiger partial charge in [0.15, 0.2) is 0 Å². The highest BCUT2D eigenvalue weighted by Gasteiger charge is 2.46. The van der Waals surface area contributed by atoms with Crippen molar-refractivity contribution in [3.05, 3.63) is 18.3 Å². The molecule has 3 N–H and O–H groups in total. The molecule has 9 heteroatoms. The van der Waals surface area contributed by atoms with E-state index in [1.54, 1.807) is 19.1 Å². The smallest absolute Gasteiger partial charge is 0.248 e. The van der Waals surface area contributed by atoms with Crippen molar-refractivity contribution in [2.45, 2.75) is 62.8 Å². The lowest BCUT2D eigenvalue weighted by atomic mass is 9.70.